The van der Waals surface area contributed by atoms with E-state index in [2.05, 4.69) is 228 Å². The Labute approximate surface area is 305 Å². The fourth-order valence-electron chi connectivity index (χ4n) is 7.28. The van der Waals surface area contributed by atoms with Crippen molar-refractivity contribution in [2.75, 3.05) is 9.80 Å². The van der Waals surface area contributed by atoms with Crippen LogP contribution in [0, 0.1) is 0 Å². The van der Waals surface area contributed by atoms with Crippen LogP contribution in [0.3, 0.4) is 0 Å². The predicted octanol–water partition coefficient (Wildman–Crippen LogP) is 14.3. The Morgan fingerprint density at radius 3 is 1.27 bits per heavy atom. The summed E-state index contributed by atoms with van der Waals surface area (Å²) in [5.41, 5.74) is 11.4. The lowest BCUT2D eigenvalue weighted by Gasteiger charge is -2.29. The number of fused-ring (bicyclic) bond motifs is 2. The average Bonchev–Trinajstić information content (AvgIpc) is 3.23. The van der Waals surface area contributed by atoms with E-state index in [1.807, 2.05) is 0 Å². The van der Waals surface area contributed by atoms with E-state index in [4.69, 9.17) is 0 Å². The van der Waals surface area contributed by atoms with E-state index in [9.17, 15) is 0 Å². The van der Waals surface area contributed by atoms with Crippen molar-refractivity contribution in [3.8, 4) is 22.3 Å². The minimum Gasteiger partial charge on any atom is -0.311 e. The highest BCUT2D eigenvalue weighted by molar-refractivity contribution is 6.06. The lowest BCUT2D eigenvalue weighted by Crippen LogP contribution is -2.12. The third-order valence-corrected chi connectivity index (χ3v) is 9.81. The summed E-state index contributed by atoms with van der Waals surface area (Å²) in [5, 5.41) is 4.91. The molecule has 0 saturated carbocycles. The molecule has 0 aliphatic rings. The monoisotopic (exact) mass is 664 g/mol. The number of hydrogen-bond donors (Lipinski definition) is 0. The molecule has 9 aromatic carbocycles. The van der Waals surface area contributed by atoms with Gasteiger partial charge in [-0.1, -0.05) is 152 Å². The number of hydrogen-bond acceptors (Lipinski definition) is 2. The van der Waals surface area contributed by atoms with Crippen LogP contribution in [0.1, 0.15) is 0 Å². The molecule has 0 aromatic heterocycles. The van der Waals surface area contributed by atoms with E-state index >= 15 is 0 Å². The third-order valence-electron chi connectivity index (χ3n) is 9.81. The van der Waals surface area contributed by atoms with Crippen molar-refractivity contribution in [1.29, 1.82) is 0 Å². The Morgan fingerprint density at radius 2 is 0.673 bits per heavy atom. The second-order valence-electron chi connectivity index (χ2n) is 13.0. The summed E-state index contributed by atoms with van der Waals surface area (Å²) in [5.74, 6) is 0. The van der Waals surface area contributed by atoms with Crippen LogP contribution < -0.4 is 9.80 Å². The second-order valence-corrected chi connectivity index (χ2v) is 13.0. The first-order valence-electron chi connectivity index (χ1n) is 17.8. The molecule has 0 fully saturated rings. The lowest BCUT2D eigenvalue weighted by molar-refractivity contribution is 1.28. The minimum absolute atomic E-state index is 1.10. The highest BCUT2D eigenvalue weighted by Crippen LogP contribution is 2.46. The molecule has 0 amide bonds. The van der Waals surface area contributed by atoms with Crippen LogP contribution in [0.2, 0.25) is 0 Å². The maximum Gasteiger partial charge on any atom is 0.0618 e. The summed E-state index contributed by atoms with van der Waals surface area (Å²) < 4.78 is 0. The molecule has 0 unspecified atom stereocenters. The largest absolute Gasteiger partial charge is 0.311 e. The zero-order chi connectivity index (χ0) is 34.7. The molecular formula is C50H36N2. The van der Waals surface area contributed by atoms with Crippen LogP contribution in [0.4, 0.5) is 34.1 Å². The van der Waals surface area contributed by atoms with Crippen LogP contribution in [0.25, 0.3) is 43.8 Å². The van der Waals surface area contributed by atoms with Gasteiger partial charge in [-0.2, -0.15) is 0 Å². The smallest absolute Gasteiger partial charge is 0.0618 e. The number of rotatable bonds is 8. The summed E-state index contributed by atoms with van der Waals surface area (Å²) >= 11 is 0. The number of para-hydroxylation sites is 3. The molecule has 52 heavy (non-hydrogen) atoms. The normalized spacial score (nSPS) is 11.1. The predicted molar refractivity (Wildman–Crippen MR) is 222 cm³/mol. The fraction of sp³-hybridized carbons (Fsp3) is 0. The molecular weight excluding hydrogens is 629 g/mol. The maximum atomic E-state index is 2.39. The van der Waals surface area contributed by atoms with Crippen LogP contribution in [-0.2, 0) is 0 Å². The molecule has 0 spiro atoms. The first kappa shape index (κ1) is 31.1. The number of anilines is 6. The van der Waals surface area contributed by atoms with Gasteiger partial charge in [-0.3, -0.25) is 0 Å². The standard InChI is InChI=1S/C50H36N2/c1-4-17-43(18-5-1)51(46-31-26-38(27-32-46)42-25-24-37-14-10-11-16-41(37)36-42)47-33-28-40(29-34-47)49-35-30-39-15-12-13-23-48(39)50(49)52(44-19-6-2-7-20-44)45-21-8-3-9-22-45/h1-36H. The zero-order valence-corrected chi connectivity index (χ0v) is 28.7. The maximum absolute atomic E-state index is 2.39. The summed E-state index contributed by atoms with van der Waals surface area (Å²) in [6.45, 7) is 0. The minimum atomic E-state index is 1.10. The van der Waals surface area contributed by atoms with Gasteiger partial charge >= 0.3 is 0 Å². The van der Waals surface area contributed by atoms with Crippen molar-refractivity contribution in [3.63, 3.8) is 0 Å². The SMILES string of the molecule is c1ccc(N(c2ccc(-c3ccc4ccccc4c3)cc2)c2ccc(-c3ccc4ccccc4c3N(c3ccccc3)c3ccccc3)cc2)cc1. The van der Waals surface area contributed by atoms with Crippen molar-refractivity contribution in [2.45, 2.75) is 0 Å². The van der Waals surface area contributed by atoms with E-state index in [0.29, 0.717) is 0 Å². The van der Waals surface area contributed by atoms with Crippen LogP contribution in [-0.4, -0.2) is 0 Å². The summed E-state index contributed by atoms with van der Waals surface area (Å²) in [4.78, 5) is 4.72. The highest BCUT2D eigenvalue weighted by Gasteiger charge is 2.21. The Morgan fingerprint density at radius 1 is 0.250 bits per heavy atom. The summed E-state index contributed by atoms with van der Waals surface area (Å²) in [6, 6.07) is 78.3. The molecule has 0 radical (unpaired) electrons. The third kappa shape index (κ3) is 5.97. The summed E-state index contributed by atoms with van der Waals surface area (Å²) in [6.07, 6.45) is 0. The quantitative estimate of drug-likeness (QED) is 0.159. The molecule has 0 saturated heterocycles. The Hall–Kier alpha value is -6.90. The first-order valence-corrected chi connectivity index (χ1v) is 17.8. The van der Waals surface area contributed by atoms with E-state index < -0.39 is 0 Å². The van der Waals surface area contributed by atoms with Crippen LogP contribution >= 0.6 is 0 Å². The molecule has 9 rings (SSSR count). The van der Waals surface area contributed by atoms with E-state index in [1.54, 1.807) is 0 Å². The van der Waals surface area contributed by atoms with Gasteiger partial charge < -0.3 is 9.80 Å². The van der Waals surface area contributed by atoms with Crippen molar-refractivity contribution < 1.29 is 0 Å². The first-order chi connectivity index (χ1) is 25.8. The molecule has 0 bridgehead atoms. The highest BCUT2D eigenvalue weighted by atomic mass is 15.1. The van der Waals surface area contributed by atoms with Gasteiger partial charge in [0, 0.05) is 39.4 Å². The van der Waals surface area contributed by atoms with Crippen molar-refractivity contribution in [2.24, 2.45) is 0 Å². The molecule has 2 nitrogen and oxygen atoms in total. The van der Waals surface area contributed by atoms with Crippen LogP contribution in [0.5, 0.6) is 0 Å². The Kier molecular flexibility index (Phi) is 8.24. The van der Waals surface area contributed by atoms with Gasteiger partial charge in [-0.25, -0.2) is 0 Å². The van der Waals surface area contributed by atoms with Crippen molar-refractivity contribution in [3.05, 3.63) is 218 Å². The average molecular weight is 665 g/mol. The molecule has 9 aromatic rings. The molecule has 246 valence electrons. The van der Waals surface area contributed by atoms with Gasteiger partial charge in [-0.05, 0) is 99.6 Å². The van der Waals surface area contributed by atoms with Gasteiger partial charge in [0.15, 0.2) is 0 Å². The molecule has 2 heteroatoms. The Bertz CT molecular complexity index is 2560. The second kappa shape index (κ2) is 13.8. The van der Waals surface area contributed by atoms with E-state index in [-0.39, 0.29) is 0 Å². The van der Waals surface area contributed by atoms with Crippen LogP contribution in [0.15, 0.2) is 218 Å². The van der Waals surface area contributed by atoms with Gasteiger partial charge in [0.2, 0.25) is 0 Å². The number of nitrogens with zero attached hydrogens (tertiary/aromatic N) is 2. The van der Waals surface area contributed by atoms with Gasteiger partial charge in [-0.15, -0.1) is 0 Å². The fourth-order valence-corrected chi connectivity index (χ4v) is 7.28. The van der Waals surface area contributed by atoms with Crippen molar-refractivity contribution in [1.82, 2.24) is 0 Å². The van der Waals surface area contributed by atoms with Gasteiger partial charge in [0.25, 0.3) is 0 Å². The summed E-state index contributed by atoms with van der Waals surface area (Å²) in [7, 11) is 0. The molecule has 0 atom stereocenters. The van der Waals surface area contributed by atoms with E-state index in [0.717, 1.165) is 39.7 Å². The topological polar surface area (TPSA) is 6.48 Å². The van der Waals surface area contributed by atoms with Gasteiger partial charge in [0.05, 0.1) is 5.69 Å². The lowest BCUT2D eigenvalue weighted by atomic mass is 9.96. The molecule has 0 aliphatic heterocycles. The number of benzene rings is 9. The molecule has 0 N–H and O–H groups in total. The van der Waals surface area contributed by atoms with Gasteiger partial charge in [0.1, 0.15) is 0 Å². The zero-order valence-electron chi connectivity index (χ0n) is 28.7. The van der Waals surface area contributed by atoms with E-state index in [1.165, 1.54) is 38.2 Å². The Balaban J connectivity index is 1.13. The van der Waals surface area contributed by atoms with Crippen molar-refractivity contribution >= 4 is 55.7 Å². The molecule has 0 heterocycles. The molecule has 0 aliphatic carbocycles.